The molecule has 1 aliphatic heterocycles. The van der Waals surface area contributed by atoms with Crippen LogP contribution in [0, 0.1) is 16.7 Å². The van der Waals surface area contributed by atoms with Crippen molar-refractivity contribution in [1.82, 2.24) is 4.90 Å². The van der Waals surface area contributed by atoms with Gasteiger partial charge in [0, 0.05) is 13.1 Å². The average Bonchev–Trinajstić information content (AvgIpc) is 2.18. The van der Waals surface area contributed by atoms with Crippen LogP contribution in [0.5, 0.6) is 0 Å². The van der Waals surface area contributed by atoms with E-state index in [0.29, 0.717) is 6.54 Å². The van der Waals surface area contributed by atoms with E-state index in [1.54, 1.807) is 0 Å². The molecule has 1 heterocycles. The summed E-state index contributed by atoms with van der Waals surface area (Å²) >= 11 is 0. The van der Waals surface area contributed by atoms with E-state index in [0.717, 1.165) is 32.2 Å². The molecule has 3 nitrogen and oxygen atoms in total. The molecule has 0 aromatic rings. The first-order valence-electron chi connectivity index (χ1n) is 5.54. The zero-order valence-corrected chi connectivity index (χ0v) is 9.12. The molecule has 0 radical (unpaired) electrons. The van der Waals surface area contributed by atoms with E-state index < -0.39 is 5.41 Å². The van der Waals surface area contributed by atoms with Gasteiger partial charge in [0.25, 0.3) is 0 Å². The topological polar surface area (TPSA) is 44.1 Å². The van der Waals surface area contributed by atoms with Gasteiger partial charge in [-0.05, 0) is 32.6 Å². The van der Waals surface area contributed by atoms with E-state index in [1.807, 2.05) is 4.90 Å². The van der Waals surface area contributed by atoms with Gasteiger partial charge >= 0.3 is 0 Å². The highest BCUT2D eigenvalue weighted by Gasteiger charge is 2.46. The summed E-state index contributed by atoms with van der Waals surface area (Å²) in [4.78, 5) is 13.9. The van der Waals surface area contributed by atoms with Crippen LogP contribution in [0.4, 0.5) is 0 Å². The minimum absolute atomic E-state index is 0.0556. The van der Waals surface area contributed by atoms with E-state index in [-0.39, 0.29) is 5.91 Å². The number of hydrogen-bond donors (Lipinski definition) is 0. The number of nitrogens with zero attached hydrogens (tertiary/aromatic N) is 2. The second kappa shape index (κ2) is 3.69. The summed E-state index contributed by atoms with van der Waals surface area (Å²) in [5.74, 6) is 0.0556. The molecule has 0 aromatic carbocycles. The van der Waals surface area contributed by atoms with Crippen molar-refractivity contribution in [2.45, 2.75) is 32.6 Å². The first-order chi connectivity index (χ1) is 7.18. The Labute approximate surface area is 90.4 Å². The second-order valence-corrected chi connectivity index (χ2v) is 4.60. The lowest BCUT2D eigenvalue weighted by Crippen LogP contribution is -2.48. The summed E-state index contributed by atoms with van der Waals surface area (Å²) in [6.07, 6.45) is 5.56. The predicted octanol–water partition coefficient (Wildman–Crippen LogP) is 1.86. The fourth-order valence-electron chi connectivity index (χ4n) is 2.16. The summed E-state index contributed by atoms with van der Waals surface area (Å²) in [5.41, 5.74) is 0.678. The zero-order chi connectivity index (χ0) is 10.9. The molecule has 0 atom stereocenters. The number of carbonyl (C=O) groups excluding carboxylic acids is 1. The van der Waals surface area contributed by atoms with Crippen molar-refractivity contribution in [2.75, 3.05) is 13.1 Å². The molecule has 0 unspecified atom stereocenters. The molecule has 0 bridgehead atoms. The Morgan fingerprint density at radius 3 is 2.73 bits per heavy atom. The summed E-state index contributed by atoms with van der Waals surface area (Å²) in [6, 6.07) is 2.21. The monoisotopic (exact) mass is 204 g/mol. The maximum Gasteiger partial charge on any atom is 0.243 e. The highest BCUT2D eigenvalue weighted by atomic mass is 16.2. The smallest absolute Gasteiger partial charge is 0.243 e. The van der Waals surface area contributed by atoms with Crippen LogP contribution in [0.1, 0.15) is 32.6 Å². The number of rotatable bonds is 1. The third-order valence-electron chi connectivity index (χ3n) is 3.55. The molecule has 3 heteroatoms. The van der Waals surface area contributed by atoms with Crippen LogP contribution < -0.4 is 0 Å². The number of carbonyl (C=O) groups is 1. The summed E-state index contributed by atoms with van der Waals surface area (Å²) in [5, 5.41) is 9.08. The third-order valence-corrected chi connectivity index (χ3v) is 3.55. The highest BCUT2D eigenvalue weighted by Crippen LogP contribution is 2.42. The molecule has 0 aromatic heterocycles. The van der Waals surface area contributed by atoms with E-state index in [4.69, 9.17) is 5.26 Å². The van der Waals surface area contributed by atoms with Gasteiger partial charge in [0.05, 0.1) is 6.07 Å². The Morgan fingerprint density at radius 2 is 2.33 bits per heavy atom. The van der Waals surface area contributed by atoms with E-state index >= 15 is 0 Å². The lowest BCUT2D eigenvalue weighted by molar-refractivity contribution is -0.142. The van der Waals surface area contributed by atoms with Crippen molar-refractivity contribution < 1.29 is 4.79 Å². The molecule has 1 fully saturated rings. The third kappa shape index (κ3) is 1.65. The van der Waals surface area contributed by atoms with E-state index in [1.165, 1.54) is 5.57 Å². The van der Waals surface area contributed by atoms with Gasteiger partial charge in [-0.2, -0.15) is 5.26 Å². The van der Waals surface area contributed by atoms with Crippen molar-refractivity contribution in [2.24, 2.45) is 5.41 Å². The Bertz CT molecular complexity index is 347. The number of nitriles is 1. The Balaban J connectivity index is 2.06. The summed E-state index contributed by atoms with van der Waals surface area (Å²) < 4.78 is 0. The first kappa shape index (κ1) is 10.2. The molecule has 1 saturated carbocycles. The van der Waals surface area contributed by atoms with Crippen molar-refractivity contribution in [3.8, 4) is 6.07 Å². The molecule has 0 N–H and O–H groups in total. The molecular weight excluding hydrogens is 188 g/mol. The Hall–Kier alpha value is -1.30. The quantitative estimate of drug-likeness (QED) is 0.612. The van der Waals surface area contributed by atoms with Crippen molar-refractivity contribution in [3.05, 3.63) is 11.6 Å². The van der Waals surface area contributed by atoms with Gasteiger partial charge in [-0.15, -0.1) is 0 Å². The lowest BCUT2D eigenvalue weighted by Gasteiger charge is -2.39. The van der Waals surface area contributed by atoms with Crippen LogP contribution in [0.25, 0.3) is 0 Å². The van der Waals surface area contributed by atoms with Gasteiger partial charge in [-0.1, -0.05) is 11.6 Å². The molecule has 1 aliphatic carbocycles. The minimum atomic E-state index is -0.668. The zero-order valence-electron chi connectivity index (χ0n) is 9.12. The van der Waals surface area contributed by atoms with Crippen molar-refractivity contribution >= 4 is 5.91 Å². The summed E-state index contributed by atoms with van der Waals surface area (Å²) in [7, 11) is 0. The fraction of sp³-hybridized carbons (Fsp3) is 0.667. The normalized spacial score (nSPS) is 23.7. The van der Waals surface area contributed by atoms with Gasteiger partial charge in [0.15, 0.2) is 0 Å². The van der Waals surface area contributed by atoms with Gasteiger partial charge in [-0.3, -0.25) is 4.79 Å². The molecule has 0 saturated heterocycles. The number of hydrogen-bond acceptors (Lipinski definition) is 2. The SMILES string of the molecule is CC1=CCN(C(=O)C2(C#N)CCC2)CC1. The van der Waals surface area contributed by atoms with Gasteiger partial charge in [0.2, 0.25) is 5.91 Å². The van der Waals surface area contributed by atoms with Crippen LogP contribution in [0.2, 0.25) is 0 Å². The maximum absolute atomic E-state index is 12.1. The van der Waals surface area contributed by atoms with Gasteiger partial charge in [0.1, 0.15) is 5.41 Å². The molecule has 2 aliphatic rings. The Morgan fingerprint density at radius 1 is 1.60 bits per heavy atom. The molecule has 15 heavy (non-hydrogen) atoms. The second-order valence-electron chi connectivity index (χ2n) is 4.60. The summed E-state index contributed by atoms with van der Waals surface area (Å²) in [6.45, 7) is 3.56. The van der Waals surface area contributed by atoms with Crippen LogP contribution in [-0.2, 0) is 4.79 Å². The molecule has 0 spiro atoms. The van der Waals surface area contributed by atoms with Gasteiger partial charge in [-0.25, -0.2) is 0 Å². The number of amides is 1. The maximum atomic E-state index is 12.1. The molecule has 2 rings (SSSR count). The molecule has 1 amide bonds. The van der Waals surface area contributed by atoms with Crippen LogP contribution in [0.15, 0.2) is 11.6 Å². The lowest BCUT2D eigenvalue weighted by atomic mass is 9.69. The molecule has 80 valence electrons. The Kier molecular flexibility index (Phi) is 2.52. The minimum Gasteiger partial charge on any atom is -0.337 e. The van der Waals surface area contributed by atoms with E-state index in [2.05, 4.69) is 19.1 Å². The largest absolute Gasteiger partial charge is 0.337 e. The van der Waals surface area contributed by atoms with Crippen LogP contribution >= 0.6 is 0 Å². The van der Waals surface area contributed by atoms with Crippen molar-refractivity contribution in [1.29, 1.82) is 5.26 Å². The predicted molar refractivity (Wildman–Crippen MR) is 56.9 cm³/mol. The van der Waals surface area contributed by atoms with Crippen molar-refractivity contribution in [3.63, 3.8) is 0 Å². The van der Waals surface area contributed by atoms with Crippen LogP contribution in [-0.4, -0.2) is 23.9 Å². The first-order valence-corrected chi connectivity index (χ1v) is 5.54. The van der Waals surface area contributed by atoms with E-state index in [9.17, 15) is 4.79 Å². The fourth-order valence-corrected chi connectivity index (χ4v) is 2.16. The van der Waals surface area contributed by atoms with Gasteiger partial charge < -0.3 is 4.90 Å². The highest BCUT2D eigenvalue weighted by molar-refractivity contribution is 5.86. The standard InChI is InChI=1S/C12H16N2O/c1-10-3-7-14(8-4-10)11(15)12(9-13)5-2-6-12/h3H,2,4-8H2,1H3. The molecular formula is C12H16N2O. The average molecular weight is 204 g/mol. The van der Waals surface area contributed by atoms with Crippen LogP contribution in [0.3, 0.4) is 0 Å².